The van der Waals surface area contributed by atoms with Crippen molar-refractivity contribution in [3.63, 3.8) is 0 Å². The molecule has 0 radical (unpaired) electrons. The Hall–Kier alpha value is -2.88. The number of hydrogen-bond acceptors (Lipinski definition) is 12. The molecule has 1 heterocycles. The number of amidine groups is 1. The lowest BCUT2D eigenvalue weighted by Crippen LogP contribution is -2.46. The van der Waals surface area contributed by atoms with Gasteiger partial charge in [0.1, 0.15) is 6.61 Å². The number of ether oxygens (including phenoxy) is 2. The molecule has 35 heavy (non-hydrogen) atoms. The zero-order valence-electron chi connectivity index (χ0n) is 19.5. The number of thioether (sulfide) groups is 1. The predicted molar refractivity (Wildman–Crippen MR) is 140 cm³/mol. The molecule has 0 saturated heterocycles. The number of pyridine rings is 1. The molecule has 0 aliphatic carbocycles. The van der Waals surface area contributed by atoms with Crippen LogP contribution in [0.3, 0.4) is 0 Å². The molecule has 0 aliphatic heterocycles. The average molecular weight is 523 g/mol. The summed E-state index contributed by atoms with van der Waals surface area (Å²) in [5.41, 5.74) is 3.75. The summed E-state index contributed by atoms with van der Waals surface area (Å²) in [5.74, 6) is 12.2. The number of nitrogens with zero attached hydrogens (tertiary/aromatic N) is 4. The maximum Gasteiger partial charge on any atom is 0.430 e. The van der Waals surface area contributed by atoms with E-state index in [0.717, 1.165) is 10.8 Å². The van der Waals surface area contributed by atoms with Crippen molar-refractivity contribution in [2.45, 2.75) is 11.2 Å². The second kappa shape index (κ2) is 15.2. The van der Waals surface area contributed by atoms with Crippen molar-refractivity contribution < 1.29 is 19.1 Å². The van der Waals surface area contributed by atoms with E-state index in [9.17, 15) is 4.79 Å². The summed E-state index contributed by atoms with van der Waals surface area (Å²) in [6.45, 7) is 0.618. The van der Waals surface area contributed by atoms with Gasteiger partial charge in [-0.1, -0.05) is 41.6 Å². The van der Waals surface area contributed by atoms with Crippen molar-refractivity contribution in [3.8, 4) is 0 Å². The summed E-state index contributed by atoms with van der Waals surface area (Å²) in [7, 11) is 3.19. The lowest BCUT2D eigenvalue weighted by molar-refractivity contribution is 0.128. The van der Waals surface area contributed by atoms with Gasteiger partial charge in [-0.3, -0.25) is 16.3 Å². The van der Waals surface area contributed by atoms with E-state index in [0.29, 0.717) is 17.9 Å². The average Bonchev–Trinajstić information content (AvgIpc) is 2.89. The second-order valence-corrected chi connectivity index (χ2v) is 9.15. The number of aromatic nitrogens is 1. The second-order valence-electron chi connectivity index (χ2n) is 6.87. The van der Waals surface area contributed by atoms with Crippen LogP contribution in [0.5, 0.6) is 0 Å². The van der Waals surface area contributed by atoms with Crippen LogP contribution in [0.2, 0.25) is 0 Å². The van der Waals surface area contributed by atoms with Crippen LogP contribution in [0.1, 0.15) is 11.3 Å². The van der Waals surface area contributed by atoms with Gasteiger partial charge in [0.05, 0.1) is 16.9 Å². The van der Waals surface area contributed by atoms with Crippen molar-refractivity contribution in [3.05, 3.63) is 59.8 Å². The molecule has 0 bridgehead atoms. The lowest BCUT2D eigenvalue weighted by atomic mass is 10.1. The lowest BCUT2D eigenvalue weighted by Gasteiger charge is -2.19. The molecule has 0 spiro atoms. The Morgan fingerprint density at radius 1 is 1.29 bits per heavy atom. The van der Waals surface area contributed by atoms with Gasteiger partial charge in [0.15, 0.2) is 24.0 Å². The third-order valence-electron chi connectivity index (χ3n) is 4.35. The van der Waals surface area contributed by atoms with Crippen LogP contribution in [0.15, 0.2) is 53.7 Å². The largest absolute Gasteiger partial charge is 0.446 e. The number of nitrogens with two attached hydrogens (primary N) is 2. The van der Waals surface area contributed by atoms with Crippen molar-refractivity contribution in [1.82, 2.24) is 15.5 Å². The van der Waals surface area contributed by atoms with Gasteiger partial charge in [0.25, 0.3) is 0 Å². The van der Waals surface area contributed by atoms with Gasteiger partial charge in [-0.25, -0.2) is 15.6 Å². The van der Waals surface area contributed by atoms with Crippen LogP contribution >= 0.6 is 24.4 Å². The molecule has 190 valence electrons. The van der Waals surface area contributed by atoms with Crippen molar-refractivity contribution >= 4 is 47.8 Å². The van der Waals surface area contributed by atoms with E-state index >= 15 is 0 Å². The van der Waals surface area contributed by atoms with Gasteiger partial charge in [-0.15, -0.1) is 11.8 Å². The van der Waals surface area contributed by atoms with Crippen LogP contribution in [-0.4, -0.2) is 65.3 Å². The highest BCUT2D eigenvalue weighted by Gasteiger charge is 2.18. The molecule has 1 unspecified atom stereocenters. The van der Waals surface area contributed by atoms with Crippen molar-refractivity contribution in [2.24, 2.45) is 16.8 Å². The molecule has 1 atom stereocenters. The van der Waals surface area contributed by atoms with Crippen molar-refractivity contribution in [1.29, 1.82) is 5.41 Å². The highest BCUT2D eigenvalue weighted by atomic mass is 32.2. The highest BCUT2D eigenvalue weighted by molar-refractivity contribution is 8.10. The molecule has 1 aromatic carbocycles. The van der Waals surface area contributed by atoms with Crippen molar-refractivity contribution in [2.75, 3.05) is 38.1 Å². The van der Waals surface area contributed by atoms with Gasteiger partial charge in [-0.05, 0) is 12.1 Å². The fourth-order valence-electron chi connectivity index (χ4n) is 2.52. The highest BCUT2D eigenvalue weighted by Crippen LogP contribution is 2.16. The molecule has 1 amide bonds. The third-order valence-corrected chi connectivity index (χ3v) is 5.87. The minimum Gasteiger partial charge on any atom is -0.446 e. The van der Waals surface area contributed by atoms with E-state index < -0.39 is 6.09 Å². The fourth-order valence-corrected chi connectivity index (χ4v) is 3.61. The number of rotatable bonds is 13. The first-order valence-electron chi connectivity index (χ1n) is 10.4. The summed E-state index contributed by atoms with van der Waals surface area (Å²) in [6.07, 6.45) is -0.767. The molecular weight excluding hydrogens is 492 g/mol. The first kappa shape index (κ1) is 28.4. The number of carbonyl (C=O) groups excluding carboxylic acids is 1. The molecule has 6 N–H and O–H groups in total. The van der Waals surface area contributed by atoms with E-state index in [1.807, 2.05) is 18.2 Å². The first-order chi connectivity index (χ1) is 16.9. The number of likely N-dealkylation sites (N-methyl/N-ethyl adjacent to an activating group) is 1. The number of benzene rings is 1. The Kier molecular flexibility index (Phi) is 12.3. The normalized spacial score (nSPS) is 12.1. The van der Waals surface area contributed by atoms with Gasteiger partial charge < -0.3 is 14.3 Å². The van der Waals surface area contributed by atoms with Crippen LogP contribution in [0.4, 0.5) is 10.6 Å². The van der Waals surface area contributed by atoms with E-state index in [-0.39, 0.29) is 35.2 Å². The maximum atomic E-state index is 12.3. The smallest absolute Gasteiger partial charge is 0.430 e. The van der Waals surface area contributed by atoms with Crippen LogP contribution < -0.4 is 22.2 Å². The molecule has 2 aromatic rings. The van der Waals surface area contributed by atoms with Crippen LogP contribution in [-0.2, 0) is 20.9 Å². The molecule has 0 aliphatic rings. The number of thiol groups is 1. The Labute approximate surface area is 213 Å². The molecule has 2 rings (SSSR count). The Bertz CT molecular complexity index is 983. The zero-order valence-corrected chi connectivity index (χ0v) is 21.2. The molecule has 1 aromatic heterocycles. The van der Waals surface area contributed by atoms with E-state index in [2.05, 4.69) is 28.3 Å². The minimum atomic E-state index is -0.767. The Morgan fingerprint density at radius 3 is 2.71 bits per heavy atom. The third kappa shape index (κ3) is 9.35. The number of hydrogen-bond donors (Lipinski definition) is 5. The fraction of sp³-hybridized carbons (Fsp3) is 0.333. The topological polar surface area (TPSA) is 164 Å². The van der Waals surface area contributed by atoms with E-state index in [1.165, 1.54) is 16.8 Å². The van der Waals surface area contributed by atoms with Gasteiger partial charge in [-0.2, -0.15) is 23.2 Å². The standard InChI is InChI=1S/C21H30N8O4S2/c1-28(27-23)20(22)19(15-7-4-3-5-8-15)26-33-13-16-9-6-10-17(25-16)29(24)21(30)32-14-18(34)35-12-11-31-2/h3-10,18,22,27,34H,11-14,23-24H2,1-2H3/b22-20?,26-19-. The summed E-state index contributed by atoms with van der Waals surface area (Å²) < 4.78 is 9.97. The molecule has 12 nitrogen and oxygen atoms in total. The molecule has 0 saturated carbocycles. The number of methoxy groups -OCH3 is 1. The molecule has 0 fully saturated rings. The number of carbonyl (C=O) groups is 1. The number of hydrazine groups is 3. The predicted octanol–water partition coefficient (Wildman–Crippen LogP) is 1.74. The Morgan fingerprint density at radius 2 is 2.03 bits per heavy atom. The first-order valence-corrected chi connectivity index (χ1v) is 11.9. The molecular formula is C21H30N8O4S2. The van der Waals surface area contributed by atoms with E-state index in [1.54, 1.807) is 44.5 Å². The number of oxime groups is 1. The van der Waals surface area contributed by atoms with Gasteiger partial charge >= 0.3 is 6.09 Å². The monoisotopic (exact) mass is 522 g/mol. The van der Waals surface area contributed by atoms with E-state index in [4.69, 9.17) is 31.4 Å². The van der Waals surface area contributed by atoms with Gasteiger partial charge in [0, 0.05) is 25.5 Å². The quantitative estimate of drug-likeness (QED) is 0.0382. The number of anilines is 1. The minimum absolute atomic E-state index is 0.000773. The summed E-state index contributed by atoms with van der Waals surface area (Å²) in [6, 6.07) is 14.0. The molecule has 14 heteroatoms. The van der Waals surface area contributed by atoms with Crippen LogP contribution in [0.25, 0.3) is 0 Å². The summed E-state index contributed by atoms with van der Waals surface area (Å²) in [5, 5.41) is 14.5. The summed E-state index contributed by atoms with van der Waals surface area (Å²) >= 11 is 5.86. The van der Waals surface area contributed by atoms with Gasteiger partial charge in [0.2, 0.25) is 0 Å². The number of nitrogens with one attached hydrogen (secondary N) is 2. The number of amides is 1. The Balaban J connectivity index is 2.01. The van der Waals surface area contributed by atoms with Crippen LogP contribution in [0, 0.1) is 5.41 Å². The summed E-state index contributed by atoms with van der Waals surface area (Å²) in [4.78, 5) is 22.1. The maximum absolute atomic E-state index is 12.3. The zero-order chi connectivity index (χ0) is 25.6. The SMILES string of the molecule is COCCSC(S)COC(=O)N(N)c1cccc(CO/N=C(\C(=N)N(C)NN)c2ccccc2)n1.